The highest BCUT2D eigenvalue weighted by Crippen LogP contribution is 2.00. The van der Waals surface area contributed by atoms with Crippen LogP contribution in [0.3, 0.4) is 0 Å². The molecule has 0 aromatic heterocycles. The molecule has 0 spiro atoms. The molecule has 0 fully saturated rings. The van der Waals surface area contributed by atoms with Gasteiger partial charge in [-0.1, -0.05) is 13.8 Å². The summed E-state index contributed by atoms with van der Waals surface area (Å²) in [4.78, 5) is 0. The lowest BCUT2D eigenvalue weighted by atomic mass is 10.1. The Morgan fingerprint density at radius 1 is 1.45 bits per heavy atom. The molecular weight excluding hydrogens is 140 g/mol. The number of ether oxygens (including phenoxy) is 1. The summed E-state index contributed by atoms with van der Waals surface area (Å²) in [7, 11) is 1.72. The van der Waals surface area contributed by atoms with Crippen molar-refractivity contribution in [1.29, 1.82) is 0 Å². The van der Waals surface area contributed by atoms with Gasteiger partial charge in [-0.15, -0.1) is 0 Å². The Bertz CT molecular complexity index is 86.2. The second-order valence-electron chi connectivity index (χ2n) is 3.05. The van der Waals surface area contributed by atoms with E-state index in [1.807, 2.05) is 0 Å². The monoisotopic (exact) mass is 160 g/mol. The van der Waals surface area contributed by atoms with Crippen LogP contribution in [0.1, 0.15) is 13.8 Å². The molecule has 0 heterocycles. The molecule has 3 N–H and O–H groups in total. The lowest BCUT2D eigenvalue weighted by Crippen LogP contribution is -2.40. The van der Waals surface area contributed by atoms with Gasteiger partial charge in [0.05, 0.1) is 6.61 Å². The second kappa shape index (κ2) is 6.58. The first-order valence-corrected chi connectivity index (χ1v) is 4.14. The third-order valence-corrected chi connectivity index (χ3v) is 1.70. The van der Waals surface area contributed by atoms with Gasteiger partial charge >= 0.3 is 0 Å². The van der Waals surface area contributed by atoms with Crippen LogP contribution < -0.4 is 11.1 Å². The maximum atomic E-state index is 5.37. The predicted molar refractivity (Wildman–Crippen MR) is 47.6 cm³/mol. The molecule has 0 rings (SSSR count). The van der Waals surface area contributed by atoms with Gasteiger partial charge in [0.1, 0.15) is 0 Å². The first kappa shape index (κ1) is 10.9. The zero-order valence-electron chi connectivity index (χ0n) is 7.76. The van der Waals surface area contributed by atoms with Gasteiger partial charge in [0.2, 0.25) is 0 Å². The SMILES string of the molecule is COCC(NCCN)C(C)C. The average Bonchev–Trinajstić information content (AvgIpc) is 1.97. The Kier molecular flexibility index (Phi) is 6.51. The molecule has 3 heteroatoms. The predicted octanol–water partition coefficient (Wildman–Crippen LogP) is 0.206. The van der Waals surface area contributed by atoms with E-state index in [-0.39, 0.29) is 0 Å². The average molecular weight is 160 g/mol. The molecule has 0 saturated heterocycles. The van der Waals surface area contributed by atoms with Gasteiger partial charge in [-0.2, -0.15) is 0 Å². The van der Waals surface area contributed by atoms with Crippen molar-refractivity contribution in [2.75, 3.05) is 26.8 Å². The molecule has 68 valence electrons. The van der Waals surface area contributed by atoms with Crippen molar-refractivity contribution in [3.63, 3.8) is 0 Å². The van der Waals surface area contributed by atoms with Gasteiger partial charge in [0.25, 0.3) is 0 Å². The smallest absolute Gasteiger partial charge is 0.0618 e. The van der Waals surface area contributed by atoms with Gasteiger partial charge in [0.15, 0.2) is 0 Å². The van der Waals surface area contributed by atoms with E-state index in [0.29, 0.717) is 18.5 Å². The maximum Gasteiger partial charge on any atom is 0.0618 e. The van der Waals surface area contributed by atoms with Crippen LogP contribution >= 0.6 is 0 Å². The quantitative estimate of drug-likeness (QED) is 0.584. The zero-order chi connectivity index (χ0) is 8.69. The highest BCUT2D eigenvalue weighted by Gasteiger charge is 2.10. The van der Waals surface area contributed by atoms with Gasteiger partial charge in [-0.25, -0.2) is 0 Å². The summed E-state index contributed by atoms with van der Waals surface area (Å²) in [6.07, 6.45) is 0. The molecule has 0 radical (unpaired) electrons. The summed E-state index contributed by atoms with van der Waals surface area (Å²) in [5.74, 6) is 0.599. The van der Waals surface area contributed by atoms with E-state index in [1.54, 1.807) is 7.11 Å². The van der Waals surface area contributed by atoms with Crippen molar-refractivity contribution in [3.8, 4) is 0 Å². The fourth-order valence-electron chi connectivity index (χ4n) is 0.935. The Labute approximate surface area is 69.3 Å². The lowest BCUT2D eigenvalue weighted by Gasteiger charge is -2.20. The number of methoxy groups -OCH3 is 1. The van der Waals surface area contributed by atoms with E-state index >= 15 is 0 Å². The molecule has 0 saturated carbocycles. The summed E-state index contributed by atoms with van der Waals surface area (Å²) < 4.78 is 5.06. The van der Waals surface area contributed by atoms with Gasteiger partial charge in [-0.05, 0) is 5.92 Å². The van der Waals surface area contributed by atoms with Crippen LogP contribution in [0.25, 0.3) is 0 Å². The first-order chi connectivity index (χ1) is 5.22. The molecule has 1 atom stereocenters. The van der Waals surface area contributed by atoms with Crippen molar-refractivity contribution < 1.29 is 4.74 Å². The molecule has 11 heavy (non-hydrogen) atoms. The largest absolute Gasteiger partial charge is 0.383 e. The summed E-state index contributed by atoms with van der Waals surface area (Å²) in [6, 6.07) is 0.434. The number of rotatable bonds is 6. The number of hydrogen-bond donors (Lipinski definition) is 2. The van der Waals surface area contributed by atoms with Crippen molar-refractivity contribution in [3.05, 3.63) is 0 Å². The third kappa shape index (κ3) is 5.18. The highest BCUT2D eigenvalue weighted by atomic mass is 16.5. The molecule has 0 aromatic rings. The van der Waals surface area contributed by atoms with Gasteiger partial charge in [0, 0.05) is 26.2 Å². The van der Waals surface area contributed by atoms with E-state index in [4.69, 9.17) is 10.5 Å². The maximum absolute atomic E-state index is 5.37. The van der Waals surface area contributed by atoms with E-state index in [2.05, 4.69) is 19.2 Å². The van der Waals surface area contributed by atoms with Crippen molar-refractivity contribution in [2.24, 2.45) is 11.7 Å². The van der Waals surface area contributed by atoms with Crippen LogP contribution in [0, 0.1) is 5.92 Å². The van der Waals surface area contributed by atoms with Crippen LogP contribution in [-0.2, 0) is 4.74 Å². The standard InChI is InChI=1S/C8H20N2O/c1-7(2)8(6-11-3)10-5-4-9/h7-8,10H,4-6,9H2,1-3H3. The second-order valence-corrected chi connectivity index (χ2v) is 3.05. The normalized spacial score (nSPS) is 13.9. The van der Waals surface area contributed by atoms with Crippen LogP contribution in [0.15, 0.2) is 0 Å². The molecular formula is C8H20N2O. The summed E-state index contributed by atoms with van der Waals surface area (Å²) in [5.41, 5.74) is 5.37. The van der Waals surface area contributed by atoms with Crippen LogP contribution in [-0.4, -0.2) is 32.8 Å². The van der Waals surface area contributed by atoms with Crippen molar-refractivity contribution in [2.45, 2.75) is 19.9 Å². The minimum absolute atomic E-state index is 0.434. The Morgan fingerprint density at radius 3 is 2.45 bits per heavy atom. The van der Waals surface area contributed by atoms with Crippen molar-refractivity contribution in [1.82, 2.24) is 5.32 Å². The Morgan fingerprint density at radius 2 is 2.09 bits per heavy atom. The molecule has 0 bridgehead atoms. The first-order valence-electron chi connectivity index (χ1n) is 4.14. The Hall–Kier alpha value is -0.120. The van der Waals surface area contributed by atoms with Crippen LogP contribution in [0.5, 0.6) is 0 Å². The van der Waals surface area contributed by atoms with Crippen LogP contribution in [0.4, 0.5) is 0 Å². The minimum atomic E-state index is 0.434. The number of nitrogens with one attached hydrogen (secondary N) is 1. The zero-order valence-corrected chi connectivity index (χ0v) is 7.76. The van der Waals surface area contributed by atoms with Crippen molar-refractivity contribution >= 4 is 0 Å². The fraction of sp³-hybridized carbons (Fsp3) is 1.00. The molecule has 0 aromatic carbocycles. The molecule has 0 aliphatic heterocycles. The fourth-order valence-corrected chi connectivity index (χ4v) is 0.935. The molecule has 0 amide bonds. The summed E-state index contributed by atoms with van der Waals surface area (Å²) in [5, 5.41) is 3.32. The highest BCUT2D eigenvalue weighted by molar-refractivity contribution is 4.69. The van der Waals surface area contributed by atoms with E-state index in [9.17, 15) is 0 Å². The van der Waals surface area contributed by atoms with Crippen LogP contribution in [0.2, 0.25) is 0 Å². The van der Waals surface area contributed by atoms with E-state index < -0.39 is 0 Å². The summed E-state index contributed by atoms with van der Waals surface area (Å²) >= 11 is 0. The third-order valence-electron chi connectivity index (χ3n) is 1.70. The number of nitrogens with two attached hydrogens (primary N) is 1. The van der Waals surface area contributed by atoms with Gasteiger partial charge in [-0.3, -0.25) is 0 Å². The molecule has 3 nitrogen and oxygen atoms in total. The summed E-state index contributed by atoms with van der Waals surface area (Å²) in [6.45, 7) is 6.66. The number of hydrogen-bond acceptors (Lipinski definition) is 3. The van der Waals surface area contributed by atoms with Gasteiger partial charge < -0.3 is 15.8 Å². The molecule has 0 aliphatic rings. The molecule has 1 unspecified atom stereocenters. The van der Waals surface area contributed by atoms with E-state index in [0.717, 1.165) is 13.2 Å². The lowest BCUT2D eigenvalue weighted by molar-refractivity contribution is 0.148. The molecule has 0 aliphatic carbocycles. The topological polar surface area (TPSA) is 47.3 Å². The van der Waals surface area contributed by atoms with E-state index in [1.165, 1.54) is 0 Å². The Balaban J connectivity index is 3.51. The minimum Gasteiger partial charge on any atom is -0.383 e.